The first-order valence-corrected chi connectivity index (χ1v) is 5.88. The molecule has 16 heavy (non-hydrogen) atoms. The maximum Gasteiger partial charge on any atom is 0.317 e. The Kier molecular flexibility index (Phi) is 5.08. The van der Waals surface area contributed by atoms with Crippen LogP contribution in [0.3, 0.4) is 0 Å². The molecule has 0 aromatic carbocycles. The number of amides is 2. The summed E-state index contributed by atoms with van der Waals surface area (Å²) in [6, 6.07) is -0.0576. The second kappa shape index (κ2) is 6.35. The molecule has 0 bridgehead atoms. The Morgan fingerprint density at radius 2 is 2.06 bits per heavy atom. The molecule has 0 aliphatic carbocycles. The van der Waals surface area contributed by atoms with Crippen molar-refractivity contribution in [3.05, 3.63) is 0 Å². The first kappa shape index (κ1) is 12.8. The fourth-order valence-corrected chi connectivity index (χ4v) is 1.79. The van der Waals surface area contributed by atoms with Crippen LogP contribution in [0.5, 0.6) is 0 Å². The number of nitrogens with zero attached hydrogens (tertiary/aromatic N) is 1. The van der Waals surface area contributed by atoms with Crippen LogP contribution in [0.2, 0.25) is 0 Å². The predicted molar refractivity (Wildman–Crippen MR) is 60.2 cm³/mol. The molecule has 1 saturated heterocycles. The molecule has 1 fully saturated rings. The summed E-state index contributed by atoms with van der Waals surface area (Å²) in [5, 5.41) is 11.4. The van der Waals surface area contributed by atoms with Crippen LogP contribution in [0.25, 0.3) is 0 Å². The Bertz CT molecular complexity index is 250. The number of nitrogens with one attached hydrogen (secondary N) is 1. The van der Waals surface area contributed by atoms with E-state index in [0.29, 0.717) is 19.6 Å². The molecule has 2 N–H and O–H groups in total. The zero-order valence-corrected chi connectivity index (χ0v) is 9.74. The number of unbranched alkanes of at least 4 members (excludes halogenated alkanes) is 2. The van der Waals surface area contributed by atoms with Crippen LogP contribution < -0.4 is 5.32 Å². The van der Waals surface area contributed by atoms with Gasteiger partial charge in [0.1, 0.15) is 0 Å². The molecular weight excluding hydrogens is 208 g/mol. The number of rotatable bonds is 6. The average Bonchev–Trinajstić information content (AvgIpc) is 2.17. The number of carbonyl (C=O) groups excluding carboxylic acids is 1. The van der Waals surface area contributed by atoms with Gasteiger partial charge in [0, 0.05) is 25.6 Å². The lowest BCUT2D eigenvalue weighted by Crippen LogP contribution is -2.54. The molecule has 0 unspecified atom stereocenters. The zero-order valence-electron chi connectivity index (χ0n) is 9.74. The number of aliphatic carboxylic acids is 1. The van der Waals surface area contributed by atoms with Crippen molar-refractivity contribution < 1.29 is 14.7 Å². The van der Waals surface area contributed by atoms with Gasteiger partial charge in [0.15, 0.2) is 0 Å². The van der Waals surface area contributed by atoms with E-state index in [1.54, 1.807) is 4.90 Å². The van der Waals surface area contributed by atoms with Gasteiger partial charge in [-0.1, -0.05) is 19.8 Å². The van der Waals surface area contributed by atoms with Crippen LogP contribution in [-0.2, 0) is 4.79 Å². The minimum atomic E-state index is -0.784. The van der Waals surface area contributed by atoms with E-state index < -0.39 is 5.97 Å². The van der Waals surface area contributed by atoms with Crippen LogP contribution in [-0.4, -0.2) is 41.6 Å². The molecule has 1 aliphatic rings. The first-order chi connectivity index (χ1) is 7.63. The third-order valence-corrected chi connectivity index (χ3v) is 2.76. The Balaban J connectivity index is 2.05. The Labute approximate surface area is 95.8 Å². The highest BCUT2D eigenvalue weighted by atomic mass is 16.4. The van der Waals surface area contributed by atoms with Gasteiger partial charge in [0.2, 0.25) is 0 Å². The highest BCUT2D eigenvalue weighted by Crippen LogP contribution is 2.18. The standard InChI is InChI=1S/C11H20N2O3/c1-2-3-4-5-12-11(16)13-7-9(8-13)6-10(14)15/h9H,2-8H2,1H3,(H,12,16)(H,14,15). The van der Waals surface area contributed by atoms with E-state index >= 15 is 0 Å². The summed E-state index contributed by atoms with van der Waals surface area (Å²) >= 11 is 0. The van der Waals surface area contributed by atoms with Crippen molar-refractivity contribution in [2.75, 3.05) is 19.6 Å². The minimum absolute atomic E-state index is 0.0576. The summed E-state index contributed by atoms with van der Waals surface area (Å²) in [5.41, 5.74) is 0. The van der Waals surface area contributed by atoms with Gasteiger partial charge < -0.3 is 15.3 Å². The molecule has 1 heterocycles. The molecule has 2 amide bonds. The molecule has 0 saturated carbocycles. The zero-order chi connectivity index (χ0) is 12.0. The SMILES string of the molecule is CCCCCNC(=O)N1CC(CC(=O)O)C1. The quantitative estimate of drug-likeness (QED) is 0.673. The van der Waals surface area contributed by atoms with Gasteiger partial charge in [-0.05, 0) is 6.42 Å². The topological polar surface area (TPSA) is 69.6 Å². The summed E-state index contributed by atoms with van der Waals surface area (Å²) in [7, 11) is 0. The van der Waals surface area contributed by atoms with Gasteiger partial charge in [0.05, 0.1) is 6.42 Å². The monoisotopic (exact) mass is 228 g/mol. The second-order valence-corrected chi connectivity index (χ2v) is 4.31. The van der Waals surface area contributed by atoms with Crippen molar-refractivity contribution in [3.8, 4) is 0 Å². The molecular formula is C11H20N2O3. The molecule has 0 spiro atoms. The van der Waals surface area contributed by atoms with Crippen LogP contribution in [0, 0.1) is 5.92 Å². The van der Waals surface area contributed by atoms with E-state index in [9.17, 15) is 9.59 Å². The average molecular weight is 228 g/mol. The lowest BCUT2D eigenvalue weighted by Gasteiger charge is -2.38. The number of hydrogen-bond acceptors (Lipinski definition) is 2. The fraction of sp³-hybridized carbons (Fsp3) is 0.818. The molecule has 5 heteroatoms. The van der Waals surface area contributed by atoms with E-state index in [4.69, 9.17) is 5.11 Å². The van der Waals surface area contributed by atoms with Gasteiger partial charge in [-0.2, -0.15) is 0 Å². The third kappa shape index (κ3) is 4.08. The van der Waals surface area contributed by atoms with Gasteiger partial charge in [-0.25, -0.2) is 4.79 Å². The number of carbonyl (C=O) groups is 2. The van der Waals surface area contributed by atoms with E-state index in [1.165, 1.54) is 0 Å². The van der Waals surface area contributed by atoms with Crippen molar-refractivity contribution in [2.45, 2.75) is 32.6 Å². The molecule has 1 rings (SSSR count). The first-order valence-electron chi connectivity index (χ1n) is 5.88. The van der Waals surface area contributed by atoms with E-state index in [1.807, 2.05) is 0 Å². The molecule has 0 aromatic rings. The summed E-state index contributed by atoms with van der Waals surface area (Å²) in [4.78, 5) is 23.6. The van der Waals surface area contributed by atoms with Crippen LogP contribution in [0.1, 0.15) is 32.6 Å². The summed E-state index contributed by atoms with van der Waals surface area (Å²) < 4.78 is 0. The van der Waals surface area contributed by atoms with Crippen LogP contribution in [0.15, 0.2) is 0 Å². The number of carboxylic acids is 1. The maximum absolute atomic E-state index is 11.5. The second-order valence-electron chi connectivity index (χ2n) is 4.31. The lowest BCUT2D eigenvalue weighted by atomic mass is 9.97. The molecule has 0 aromatic heterocycles. The van der Waals surface area contributed by atoms with E-state index in [-0.39, 0.29) is 18.4 Å². The van der Waals surface area contributed by atoms with Gasteiger partial charge in [-0.3, -0.25) is 4.79 Å². The fourth-order valence-electron chi connectivity index (χ4n) is 1.79. The largest absolute Gasteiger partial charge is 0.481 e. The van der Waals surface area contributed by atoms with Crippen LogP contribution >= 0.6 is 0 Å². The number of likely N-dealkylation sites (tertiary alicyclic amines) is 1. The Morgan fingerprint density at radius 1 is 1.38 bits per heavy atom. The van der Waals surface area contributed by atoms with Crippen molar-refractivity contribution in [1.29, 1.82) is 0 Å². The summed E-state index contributed by atoms with van der Waals surface area (Å²) in [6.07, 6.45) is 3.44. The van der Waals surface area contributed by atoms with Gasteiger partial charge >= 0.3 is 12.0 Å². The summed E-state index contributed by atoms with van der Waals surface area (Å²) in [5.74, 6) is -0.646. The maximum atomic E-state index is 11.5. The Morgan fingerprint density at radius 3 is 2.62 bits per heavy atom. The highest BCUT2D eigenvalue weighted by molar-refractivity contribution is 5.75. The molecule has 5 nitrogen and oxygen atoms in total. The van der Waals surface area contributed by atoms with Gasteiger partial charge in [-0.15, -0.1) is 0 Å². The molecule has 1 aliphatic heterocycles. The molecule has 92 valence electrons. The van der Waals surface area contributed by atoms with Gasteiger partial charge in [0.25, 0.3) is 0 Å². The van der Waals surface area contributed by atoms with Crippen molar-refractivity contribution in [3.63, 3.8) is 0 Å². The smallest absolute Gasteiger partial charge is 0.317 e. The van der Waals surface area contributed by atoms with E-state index in [0.717, 1.165) is 19.3 Å². The minimum Gasteiger partial charge on any atom is -0.481 e. The normalized spacial score (nSPS) is 15.7. The third-order valence-electron chi connectivity index (χ3n) is 2.76. The highest BCUT2D eigenvalue weighted by Gasteiger charge is 2.31. The molecule has 0 radical (unpaired) electrons. The summed E-state index contributed by atoms with van der Waals surface area (Å²) in [6.45, 7) is 3.98. The Hall–Kier alpha value is -1.26. The number of urea groups is 1. The van der Waals surface area contributed by atoms with Crippen molar-refractivity contribution >= 4 is 12.0 Å². The number of carboxylic acid groups (broad SMARTS) is 1. The van der Waals surface area contributed by atoms with Crippen molar-refractivity contribution in [2.24, 2.45) is 5.92 Å². The van der Waals surface area contributed by atoms with E-state index in [2.05, 4.69) is 12.2 Å². The van der Waals surface area contributed by atoms with Crippen molar-refractivity contribution in [1.82, 2.24) is 10.2 Å². The van der Waals surface area contributed by atoms with Crippen LogP contribution in [0.4, 0.5) is 4.79 Å². The number of hydrogen-bond donors (Lipinski definition) is 2. The molecule has 0 atom stereocenters. The predicted octanol–water partition coefficient (Wildman–Crippen LogP) is 1.29. The lowest BCUT2D eigenvalue weighted by molar-refractivity contribution is -0.139.